The number of halogens is 1. The SMILES string of the molecule is O=C(O)C1CC(O)CN1C(=O)CCOc1ccccc1F. The number of aliphatic carboxylic acids is 1. The van der Waals surface area contributed by atoms with Crippen LogP contribution in [-0.4, -0.2) is 52.3 Å². The third kappa shape index (κ3) is 3.69. The minimum absolute atomic E-state index is 0.00447. The lowest BCUT2D eigenvalue weighted by Crippen LogP contribution is -2.41. The number of hydrogen-bond donors (Lipinski definition) is 2. The average Bonchev–Trinajstić information content (AvgIpc) is 2.83. The molecule has 0 bridgehead atoms. The van der Waals surface area contributed by atoms with Gasteiger partial charge in [0.15, 0.2) is 11.6 Å². The van der Waals surface area contributed by atoms with Crippen LogP contribution < -0.4 is 4.74 Å². The number of aliphatic hydroxyl groups is 1. The Labute approximate surface area is 120 Å². The first-order valence-electron chi connectivity index (χ1n) is 6.56. The molecule has 21 heavy (non-hydrogen) atoms. The van der Waals surface area contributed by atoms with Crippen LogP contribution in [-0.2, 0) is 9.59 Å². The lowest BCUT2D eigenvalue weighted by Gasteiger charge is -2.21. The van der Waals surface area contributed by atoms with E-state index in [9.17, 15) is 19.1 Å². The number of rotatable bonds is 5. The Morgan fingerprint density at radius 1 is 1.38 bits per heavy atom. The fourth-order valence-electron chi connectivity index (χ4n) is 2.28. The van der Waals surface area contributed by atoms with Gasteiger partial charge in [-0.15, -0.1) is 0 Å². The first-order valence-corrected chi connectivity index (χ1v) is 6.56. The molecule has 7 heteroatoms. The monoisotopic (exact) mass is 297 g/mol. The summed E-state index contributed by atoms with van der Waals surface area (Å²) in [6, 6.07) is 4.81. The molecule has 1 fully saturated rings. The molecule has 0 radical (unpaired) electrons. The topological polar surface area (TPSA) is 87.1 Å². The molecule has 6 nitrogen and oxygen atoms in total. The van der Waals surface area contributed by atoms with E-state index in [0.717, 1.165) is 4.90 Å². The highest BCUT2D eigenvalue weighted by molar-refractivity contribution is 5.84. The molecule has 2 N–H and O–H groups in total. The number of carbonyl (C=O) groups excluding carboxylic acids is 1. The Kier molecular flexibility index (Phi) is 4.74. The van der Waals surface area contributed by atoms with Crippen LogP contribution in [0.3, 0.4) is 0 Å². The Balaban J connectivity index is 1.87. The van der Waals surface area contributed by atoms with Crippen molar-refractivity contribution in [3.8, 4) is 5.75 Å². The van der Waals surface area contributed by atoms with Crippen LogP contribution in [0.15, 0.2) is 24.3 Å². The number of carboxylic acid groups (broad SMARTS) is 1. The van der Waals surface area contributed by atoms with Crippen LogP contribution in [0.25, 0.3) is 0 Å². The van der Waals surface area contributed by atoms with Crippen molar-refractivity contribution in [1.29, 1.82) is 0 Å². The van der Waals surface area contributed by atoms with Gasteiger partial charge in [0.25, 0.3) is 0 Å². The predicted molar refractivity (Wildman–Crippen MR) is 70.3 cm³/mol. The van der Waals surface area contributed by atoms with E-state index in [-0.39, 0.29) is 31.7 Å². The molecule has 1 aliphatic heterocycles. The number of carbonyl (C=O) groups is 2. The first-order chi connectivity index (χ1) is 9.99. The van der Waals surface area contributed by atoms with Gasteiger partial charge in [-0.05, 0) is 12.1 Å². The number of likely N-dealkylation sites (tertiary alicyclic amines) is 1. The van der Waals surface area contributed by atoms with E-state index in [2.05, 4.69) is 0 Å². The first kappa shape index (κ1) is 15.2. The Hall–Kier alpha value is -2.15. The van der Waals surface area contributed by atoms with Gasteiger partial charge < -0.3 is 19.8 Å². The van der Waals surface area contributed by atoms with Crippen LogP contribution in [0.5, 0.6) is 5.75 Å². The van der Waals surface area contributed by atoms with E-state index < -0.39 is 29.8 Å². The van der Waals surface area contributed by atoms with Crippen LogP contribution >= 0.6 is 0 Å². The van der Waals surface area contributed by atoms with E-state index in [4.69, 9.17) is 9.84 Å². The molecule has 2 unspecified atom stereocenters. The van der Waals surface area contributed by atoms with Gasteiger partial charge in [0, 0.05) is 13.0 Å². The molecule has 1 aromatic rings. The smallest absolute Gasteiger partial charge is 0.326 e. The summed E-state index contributed by atoms with van der Waals surface area (Å²) in [5.74, 6) is -2.06. The number of hydrogen-bond acceptors (Lipinski definition) is 4. The molecule has 0 saturated carbocycles. The molecule has 1 saturated heterocycles. The number of aliphatic hydroxyl groups excluding tert-OH is 1. The summed E-state index contributed by atoms with van der Waals surface area (Å²) < 4.78 is 18.5. The summed E-state index contributed by atoms with van der Waals surface area (Å²) in [7, 11) is 0. The second kappa shape index (κ2) is 6.53. The fraction of sp³-hybridized carbons (Fsp3) is 0.429. The van der Waals surface area contributed by atoms with Gasteiger partial charge in [-0.25, -0.2) is 9.18 Å². The number of β-amino-alcohol motifs (C(OH)–C–C–N with tert-alkyl or cyclic N) is 1. The summed E-state index contributed by atoms with van der Waals surface area (Å²) in [6.07, 6.45) is -0.886. The van der Waals surface area contributed by atoms with Gasteiger partial charge in [-0.1, -0.05) is 12.1 Å². The Morgan fingerprint density at radius 2 is 2.10 bits per heavy atom. The highest BCUT2D eigenvalue weighted by Crippen LogP contribution is 2.20. The molecule has 2 rings (SSSR count). The zero-order chi connectivity index (χ0) is 15.4. The summed E-state index contributed by atoms with van der Waals surface area (Å²) >= 11 is 0. The van der Waals surface area contributed by atoms with Gasteiger partial charge >= 0.3 is 5.97 Å². The number of benzene rings is 1. The standard InChI is InChI=1S/C14H16FNO5/c15-10-3-1-2-4-12(10)21-6-5-13(18)16-8-9(17)7-11(16)14(19)20/h1-4,9,11,17H,5-8H2,(H,19,20). The number of para-hydroxylation sites is 1. The van der Waals surface area contributed by atoms with Crippen molar-refractivity contribution in [2.75, 3.05) is 13.2 Å². The number of carboxylic acids is 1. The highest BCUT2D eigenvalue weighted by Gasteiger charge is 2.38. The Morgan fingerprint density at radius 3 is 2.76 bits per heavy atom. The fourth-order valence-corrected chi connectivity index (χ4v) is 2.28. The van der Waals surface area contributed by atoms with Crippen LogP contribution in [0.1, 0.15) is 12.8 Å². The molecular weight excluding hydrogens is 281 g/mol. The van der Waals surface area contributed by atoms with Crippen molar-refractivity contribution < 1.29 is 28.9 Å². The maximum absolute atomic E-state index is 13.3. The van der Waals surface area contributed by atoms with Crippen LogP contribution in [0, 0.1) is 5.82 Å². The lowest BCUT2D eigenvalue weighted by molar-refractivity contribution is -0.148. The Bertz CT molecular complexity index is 536. The van der Waals surface area contributed by atoms with Crippen LogP contribution in [0.4, 0.5) is 4.39 Å². The molecule has 0 aliphatic carbocycles. The highest BCUT2D eigenvalue weighted by atomic mass is 19.1. The quantitative estimate of drug-likeness (QED) is 0.833. The number of amides is 1. The van der Waals surface area contributed by atoms with Gasteiger partial charge in [0.1, 0.15) is 6.04 Å². The molecule has 1 aliphatic rings. The molecule has 1 aromatic carbocycles. The van der Waals surface area contributed by atoms with Crippen LogP contribution in [0.2, 0.25) is 0 Å². The molecule has 1 amide bonds. The van der Waals surface area contributed by atoms with E-state index in [1.165, 1.54) is 18.2 Å². The second-order valence-corrected chi connectivity index (χ2v) is 4.82. The molecular formula is C14H16FNO5. The zero-order valence-electron chi connectivity index (χ0n) is 11.2. The molecule has 2 atom stereocenters. The van der Waals surface area contributed by atoms with Crippen molar-refractivity contribution in [2.24, 2.45) is 0 Å². The van der Waals surface area contributed by atoms with Gasteiger partial charge in [0.2, 0.25) is 5.91 Å². The van der Waals surface area contributed by atoms with E-state index in [1.54, 1.807) is 6.07 Å². The minimum atomic E-state index is -1.14. The summed E-state index contributed by atoms with van der Waals surface area (Å²) in [6.45, 7) is -0.0613. The van der Waals surface area contributed by atoms with Crippen molar-refractivity contribution in [3.63, 3.8) is 0 Å². The van der Waals surface area contributed by atoms with E-state index in [0.29, 0.717) is 0 Å². The normalized spacial score (nSPS) is 21.3. The summed E-state index contributed by atoms with van der Waals surface area (Å²) in [5.41, 5.74) is 0. The molecule has 0 aromatic heterocycles. The maximum Gasteiger partial charge on any atom is 0.326 e. The van der Waals surface area contributed by atoms with Gasteiger partial charge in [-0.3, -0.25) is 4.79 Å². The van der Waals surface area contributed by atoms with Crippen molar-refractivity contribution in [3.05, 3.63) is 30.1 Å². The molecule has 114 valence electrons. The largest absolute Gasteiger partial charge is 0.490 e. The lowest BCUT2D eigenvalue weighted by atomic mass is 10.2. The molecule has 0 spiro atoms. The van der Waals surface area contributed by atoms with Crippen molar-refractivity contribution in [2.45, 2.75) is 25.0 Å². The van der Waals surface area contributed by atoms with Gasteiger partial charge in [-0.2, -0.15) is 0 Å². The third-order valence-electron chi connectivity index (χ3n) is 3.29. The molecule has 1 heterocycles. The second-order valence-electron chi connectivity index (χ2n) is 4.82. The van der Waals surface area contributed by atoms with Gasteiger partial charge in [0.05, 0.1) is 19.1 Å². The third-order valence-corrected chi connectivity index (χ3v) is 3.29. The van der Waals surface area contributed by atoms with E-state index >= 15 is 0 Å². The van der Waals surface area contributed by atoms with Crippen molar-refractivity contribution >= 4 is 11.9 Å². The minimum Gasteiger partial charge on any atom is -0.490 e. The maximum atomic E-state index is 13.3. The van der Waals surface area contributed by atoms with Crippen molar-refractivity contribution in [1.82, 2.24) is 4.90 Å². The number of nitrogens with zero attached hydrogens (tertiary/aromatic N) is 1. The summed E-state index contributed by atoms with van der Waals surface area (Å²) in [4.78, 5) is 24.1. The number of ether oxygens (including phenoxy) is 1. The summed E-state index contributed by atoms with van der Waals surface area (Å²) in [5, 5.41) is 18.5. The predicted octanol–water partition coefficient (Wildman–Crippen LogP) is 0.641. The van der Waals surface area contributed by atoms with E-state index in [1.807, 2.05) is 0 Å². The average molecular weight is 297 g/mol. The zero-order valence-corrected chi connectivity index (χ0v) is 11.2.